The van der Waals surface area contributed by atoms with E-state index in [0.29, 0.717) is 0 Å². The third-order valence-corrected chi connectivity index (χ3v) is 8.58. The van der Waals surface area contributed by atoms with E-state index in [4.69, 9.17) is 0 Å². The summed E-state index contributed by atoms with van der Waals surface area (Å²) in [7, 11) is 0. The van der Waals surface area contributed by atoms with Crippen molar-refractivity contribution in [3.63, 3.8) is 0 Å². The molecule has 0 atom stereocenters. The first kappa shape index (κ1) is 30.1. The number of rotatable bonds is 6. The zero-order valence-corrected chi connectivity index (χ0v) is 28.4. The summed E-state index contributed by atoms with van der Waals surface area (Å²) in [5.41, 5.74) is 9.51. The van der Waals surface area contributed by atoms with Gasteiger partial charge in [0, 0.05) is 43.1 Å². The van der Waals surface area contributed by atoms with E-state index in [1.165, 1.54) is 11.1 Å². The Morgan fingerprint density at radius 2 is 0.524 bits per heavy atom. The maximum Gasteiger partial charge on any atom is 0.0463 e. The molecule has 0 bridgehead atoms. The maximum atomic E-state index is 3.60. The lowest BCUT2D eigenvalue weighted by atomic mass is 9.87. The summed E-state index contributed by atoms with van der Waals surface area (Å²) in [6.45, 7) is 13.5. The molecular formula is C38H38Br2N2. The van der Waals surface area contributed by atoms with Crippen LogP contribution in [0.4, 0.5) is 34.1 Å². The van der Waals surface area contributed by atoms with Gasteiger partial charge in [-0.05, 0) is 119 Å². The molecule has 42 heavy (non-hydrogen) atoms. The summed E-state index contributed by atoms with van der Waals surface area (Å²) < 4.78 is 2.12. The van der Waals surface area contributed by atoms with E-state index in [1.807, 2.05) is 0 Å². The van der Waals surface area contributed by atoms with Crippen LogP contribution in [-0.2, 0) is 10.8 Å². The Balaban J connectivity index is 1.57. The summed E-state index contributed by atoms with van der Waals surface area (Å²) in [5.74, 6) is 0. The smallest absolute Gasteiger partial charge is 0.0463 e. The van der Waals surface area contributed by atoms with Gasteiger partial charge in [-0.25, -0.2) is 0 Å². The van der Waals surface area contributed by atoms with Gasteiger partial charge >= 0.3 is 0 Å². The van der Waals surface area contributed by atoms with Gasteiger partial charge in [0.25, 0.3) is 0 Å². The molecule has 0 radical (unpaired) electrons. The third-order valence-electron chi connectivity index (χ3n) is 7.52. The Labute approximate surface area is 268 Å². The molecule has 4 heteroatoms. The van der Waals surface area contributed by atoms with Crippen LogP contribution >= 0.6 is 31.9 Å². The van der Waals surface area contributed by atoms with Crippen molar-refractivity contribution in [3.05, 3.63) is 141 Å². The standard InChI is InChI=1S/C38H38Br2N2/c1-37(2,3)27-7-15-31(16-8-27)41(33-19-11-29(39)12-20-33)35-23-25-36(26-24-35)42(34-21-13-30(40)14-22-34)32-17-9-28(10-18-32)38(4,5)6/h7-26H,1-6H3. The van der Waals surface area contributed by atoms with E-state index in [2.05, 4.69) is 205 Å². The Kier molecular flexibility index (Phi) is 8.68. The van der Waals surface area contributed by atoms with Crippen LogP contribution < -0.4 is 9.80 Å². The van der Waals surface area contributed by atoms with Crippen molar-refractivity contribution >= 4 is 66.0 Å². The normalized spacial score (nSPS) is 11.8. The van der Waals surface area contributed by atoms with Crippen molar-refractivity contribution in [3.8, 4) is 0 Å². The van der Waals surface area contributed by atoms with E-state index in [1.54, 1.807) is 0 Å². The summed E-state index contributed by atoms with van der Waals surface area (Å²) in [4.78, 5) is 4.62. The first-order valence-electron chi connectivity index (χ1n) is 14.3. The molecule has 0 saturated carbocycles. The van der Waals surface area contributed by atoms with Crippen molar-refractivity contribution in [1.29, 1.82) is 0 Å². The second kappa shape index (κ2) is 12.1. The molecule has 0 N–H and O–H groups in total. The molecule has 0 aliphatic heterocycles. The molecule has 0 fully saturated rings. The lowest BCUT2D eigenvalue weighted by Crippen LogP contribution is -2.14. The van der Waals surface area contributed by atoms with Gasteiger partial charge in [0.1, 0.15) is 0 Å². The van der Waals surface area contributed by atoms with E-state index in [-0.39, 0.29) is 10.8 Å². The quantitative estimate of drug-likeness (QED) is 0.176. The predicted octanol–water partition coefficient (Wildman–Crippen LogP) is 12.7. The van der Waals surface area contributed by atoms with Gasteiger partial charge in [-0.1, -0.05) is 97.7 Å². The average Bonchev–Trinajstić information content (AvgIpc) is 2.96. The molecule has 0 aliphatic carbocycles. The summed E-state index contributed by atoms with van der Waals surface area (Å²) in [6, 6.07) is 43.7. The zero-order chi connectivity index (χ0) is 30.1. The number of benzene rings is 5. The van der Waals surface area contributed by atoms with Crippen molar-refractivity contribution in [2.45, 2.75) is 52.4 Å². The molecule has 0 aliphatic rings. The van der Waals surface area contributed by atoms with Crippen molar-refractivity contribution in [2.75, 3.05) is 9.80 Å². The molecule has 5 aromatic carbocycles. The fraction of sp³-hybridized carbons (Fsp3) is 0.211. The van der Waals surface area contributed by atoms with Crippen LogP contribution in [-0.4, -0.2) is 0 Å². The van der Waals surface area contributed by atoms with Crippen LogP contribution in [0.5, 0.6) is 0 Å². The first-order chi connectivity index (χ1) is 19.9. The monoisotopic (exact) mass is 680 g/mol. The van der Waals surface area contributed by atoms with Crippen LogP contribution in [0.1, 0.15) is 52.7 Å². The van der Waals surface area contributed by atoms with Gasteiger partial charge in [-0.15, -0.1) is 0 Å². The Hall–Kier alpha value is -3.34. The van der Waals surface area contributed by atoms with E-state index in [9.17, 15) is 0 Å². The highest BCUT2D eigenvalue weighted by atomic mass is 79.9. The van der Waals surface area contributed by atoms with Crippen LogP contribution in [0, 0.1) is 0 Å². The van der Waals surface area contributed by atoms with Crippen molar-refractivity contribution in [1.82, 2.24) is 0 Å². The van der Waals surface area contributed by atoms with Crippen LogP contribution in [0.25, 0.3) is 0 Å². The number of halogens is 2. The third kappa shape index (κ3) is 6.82. The molecule has 5 rings (SSSR count). The van der Waals surface area contributed by atoms with Gasteiger partial charge in [0.2, 0.25) is 0 Å². The van der Waals surface area contributed by atoms with Crippen LogP contribution in [0.2, 0.25) is 0 Å². The molecule has 0 spiro atoms. The van der Waals surface area contributed by atoms with Crippen LogP contribution in [0.15, 0.2) is 130 Å². The number of nitrogens with zero attached hydrogens (tertiary/aromatic N) is 2. The van der Waals surface area contributed by atoms with E-state index in [0.717, 1.165) is 43.1 Å². The van der Waals surface area contributed by atoms with Crippen LogP contribution in [0.3, 0.4) is 0 Å². The average molecular weight is 683 g/mol. The van der Waals surface area contributed by atoms with Gasteiger partial charge in [-0.2, -0.15) is 0 Å². The minimum Gasteiger partial charge on any atom is -0.311 e. The molecular weight excluding hydrogens is 644 g/mol. The number of hydrogen-bond acceptors (Lipinski definition) is 2. The highest BCUT2D eigenvalue weighted by molar-refractivity contribution is 9.10. The molecule has 214 valence electrons. The van der Waals surface area contributed by atoms with Gasteiger partial charge in [-0.3, -0.25) is 0 Å². The second-order valence-corrected chi connectivity index (χ2v) is 14.6. The molecule has 0 aromatic heterocycles. The SMILES string of the molecule is CC(C)(C)c1ccc(N(c2ccc(Br)cc2)c2ccc(N(c3ccc(Br)cc3)c3ccc(C(C)(C)C)cc3)cc2)cc1. The predicted molar refractivity (Wildman–Crippen MR) is 189 cm³/mol. The zero-order valence-electron chi connectivity index (χ0n) is 25.2. The van der Waals surface area contributed by atoms with Gasteiger partial charge < -0.3 is 9.80 Å². The molecule has 5 aromatic rings. The topological polar surface area (TPSA) is 6.48 Å². The Morgan fingerprint density at radius 3 is 0.738 bits per heavy atom. The molecule has 0 saturated heterocycles. The van der Waals surface area contributed by atoms with Gasteiger partial charge in [0.15, 0.2) is 0 Å². The summed E-state index contributed by atoms with van der Waals surface area (Å²) in [5, 5.41) is 0. The lowest BCUT2D eigenvalue weighted by Gasteiger charge is -2.29. The Morgan fingerprint density at radius 1 is 0.333 bits per heavy atom. The van der Waals surface area contributed by atoms with Gasteiger partial charge in [0.05, 0.1) is 0 Å². The maximum absolute atomic E-state index is 3.60. The minimum absolute atomic E-state index is 0.101. The fourth-order valence-electron chi connectivity index (χ4n) is 5.05. The lowest BCUT2D eigenvalue weighted by molar-refractivity contribution is 0.590. The first-order valence-corrected chi connectivity index (χ1v) is 15.9. The Bertz CT molecular complexity index is 1480. The highest BCUT2D eigenvalue weighted by Gasteiger charge is 2.19. The summed E-state index contributed by atoms with van der Waals surface area (Å²) >= 11 is 7.20. The number of anilines is 6. The van der Waals surface area contributed by atoms with E-state index >= 15 is 0 Å². The van der Waals surface area contributed by atoms with Crippen molar-refractivity contribution in [2.24, 2.45) is 0 Å². The molecule has 0 unspecified atom stereocenters. The second-order valence-electron chi connectivity index (χ2n) is 12.7. The largest absolute Gasteiger partial charge is 0.311 e. The molecule has 2 nitrogen and oxygen atoms in total. The number of hydrogen-bond donors (Lipinski definition) is 0. The highest BCUT2D eigenvalue weighted by Crippen LogP contribution is 2.40. The van der Waals surface area contributed by atoms with E-state index < -0.39 is 0 Å². The molecule has 0 amide bonds. The summed E-state index contributed by atoms with van der Waals surface area (Å²) in [6.07, 6.45) is 0. The van der Waals surface area contributed by atoms with Crippen molar-refractivity contribution < 1.29 is 0 Å². The minimum atomic E-state index is 0.101. The molecule has 0 heterocycles. The fourth-order valence-corrected chi connectivity index (χ4v) is 5.58.